The van der Waals surface area contributed by atoms with E-state index in [1.165, 1.54) is 23.8 Å². The van der Waals surface area contributed by atoms with Gasteiger partial charge in [0.25, 0.3) is 5.91 Å². The minimum absolute atomic E-state index is 0.0229. The SMILES string of the molecule is O=C(Nc1ccc(N2CCc3ccccc32)cc1)C1CCN(C(=O)c2ccoc2)CC1. The van der Waals surface area contributed by atoms with Gasteiger partial charge in [-0.15, -0.1) is 0 Å². The summed E-state index contributed by atoms with van der Waals surface area (Å²) < 4.78 is 5.00. The number of furan rings is 1. The van der Waals surface area contributed by atoms with Crippen molar-refractivity contribution >= 4 is 28.9 Å². The van der Waals surface area contributed by atoms with Crippen LogP contribution in [0.5, 0.6) is 0 Å². The van der Waals surface area contributed by atoms with Crippen LogP contribution in [0.15, 0.2) is 71.5 Å². The summed E-state index contributed by atoms with van der Waals surface area (Å²) in [6, 6.07) is 18.2. The number of benzene rings is 2. The summed E-state index contributed by atoms with van der Waals surface area (Å²) in [7, 11) is 0. The first-order valence-corrected chi connectivity index (χ1v) is 10.8. The number of carbonyl (C=O) groups excluding carboxylic acids is 2. The number of amides is 2. The molecule has 0 unspecified atom stereocenters. The number of piperidine rings is 1. The first-order valence-electron chi connectivity index (χ1n) is 10.8. The molecule has 0 saturated carbocycles. The molecule has 3 heterocycles. The number of nitrogens with one attached hydrogen (secondary N) is 1. The third-order valence-corrected chi connectivity index (χ3v) is 6.25. The maximum absolute atomic E-state index is 12.7. The number of anilines is 3. The molecule has 1 saturated heterocycles. The summed E-state index contributed by atoms with van der Waals surface area (Å²) in [6.45, 7) is 2.13. The molecule has 2 amide bonds. The fraction of sp³-hybridized carbons (Fsp3) is 0.280. The molecule has 0 atom stereocenters. The van der Waals surface area contributed by atoms with Gasteiger partial charge in [0.1, 0.15) is 6.26 Å². The third kappa shape index (κ3) is 3.93. The van der Waals surface area contributed by atoms with Crippen LogP contribution < -0.4 is 10.2 Å². The molecule has 0 aliphatic carbocycles. The predicted molar refractivity (Wildman–Crippen MR) is 120 cm³/mol. The van der Waals surface area contributed by atoms with Crippen LogP contribution in [0.4, 0.5) is 17.1 Å². The molecule has 0 spiro atoms. The van der Waals surface area contributed by atoms with Gasteiger partial charge in [-0.2, -0.15) is 0 Å². The Hall–Kier alpha value is -3.54. The van der Waals surface area contributed by atoms with Gasteiger partial charge in [0.15, 0.2) is 0 Å². The summed E-state index contributed by atoms with van der Waals surface area (Å²) in [6.07, 6.45) is 5.35. The van der Waals surface area contributed by atoms with Crippen molar-refractivity contribution in [1.29, 1.82) is 0 Å². The van der Waals surface area contributed by atoms with Crippen molar-refractivity contribution in [3.63, 3.8) is 0 Å². The van der Waals surface area contributed by atoms with Crippen LogP contribution in [-0.2, 0) is 11.2 Å². The molecule has 31 heavy (non-hydrogen) atoms. The molecule has 6 heteroatoms. The number of nitrogens with zero attached hydrogens (tertiary/aromatic N) is 2. The fourth-order valence-electron chi connectivity index (χ4n) is 4.49. The van der Waals surface area contributed by atoms with Crippen molar-refractivity contribution in [3.05, 3.63) is 78.3 Å². The zero-order chi connectivity index (χ0) is 21.2. The van der Waals surface area contributed by atoms with Crippen molar-refractivity contribution in [2.75, 3.05) is 29.9 Å². The van der Waals surface area contributed by atoms with Crippen LogP contribution in [0.1, 0.15) is 28.8 Å². The lowest BCUT2D eigenvalue weighted by molar-refractivity contribution is -0.121. The Labute approximate surface area is 181 Å². The Morgan fingerprint density at radius 3 is 2.45 bits per heavy atom. The van der Waals surface area contributed by atoms with E-state index in [1.54, 1.807) is 11.0 Å². The monoisotopic (exact) mass is 415 g/mol. The number of rotatable bonds is 4. The van der Waals surface area contributed by atoms with Gasteiger partial charge in [-0.3, -0.25) is 9.59 Å². The molecule has 158 valence electrons. The Morgan fingerprint density at radius 2 is 1.71 bits per heavy atom. The molecule has 2 aliphatic heterocycles. The Morgan fingerprint density at radius 1 is 0.935 bits per heavy atom. The van der Waals surface area contributed by atoms with Crippen molar-refractivity contribution in [2.24, 2.45) is 5.92 Å². The van der Waals surface area contributed by atoms with Crippen LogP contribution in [0.25, 0.3) is 0 Å². The lowest BCUT2D eigenvalue weighted by Crippen LogP contribution is -2.41. The fourth-order valence-corrected chi connectivity index (χ4v) is 4.49. The Bertz CT molecular complexity index is 1070. The molecular weight excluding hydrogens is 390 g/mol. The highest BCUT2D eigenvalue weighted by atomic mass is 16.3. The van der Waals surface area contributed by atoms with Gasteiger partial charge in [0, 0.05) is 42.6 Å². The summed E-state index contributed by atoms with van der Waals surface area (Å²) in [4.78, 5) is 29.2. The molecule has 1 N–H and O–H groups in total. The van der Waals surface area contributed by atoms with E-state index in [-0.39, 0.29) is 17.7 Å². The minimum atomic E-state index is -0.0847. The molecular formula is C25H25N3O3. The molecule has 1 aromatic heterocycles. The van der Waals surface area contributed by atoms with Crippen molar-refractivity contribution in [3.8, 4) is 0 Å². The van der Waals surface area contributed by atoms with Gasteiger partial charge in [-0.1, -0.05) is 18.2 Å². The number of hydrogen-bond donors (Lipinski definition) is 1. The van der Waals surface area contributed by atoms with E-state index in [0.29, 0.717) is 31.5 Å². The zero-order valence-electron chi connectivity index (χ0n) is 17.3. The van der Waals surface area contributed by atoms with Crippen LogP contribution in [0.2, 0.25) is 0 Å². The molecule has 0 bridgehead atoms. The van der Waals surface area contributed by atoms with Gasteiger partial charge in [-0.25, -0.2) is 0 Å². The number of hydrogen-bond acceptors (Lipinski definition) is 4. The standard InChI is InChI=1S/C25H25N3O3/c29-24(19-9-13-27(14-10-19)25(30)20-12-16-31-17-20)26-21-5-7-22(8-6-21)28-15-11-18-3-1-2-4-23(18)28/h1-8,12,16-17,19H,9-11,13-15H2,(H,26,29). The Kier molecular flexibility index (Phi) is 5.20. The van der Waals surface area contributed by atoms with Crippen LogP contribution in [0, 0.1) is 5.92 Å². The van der Waals surface area contributed by atoms with E-state index >= 15 is 0 Å². The van der Waals surface area contributed by atoms with Crippen molar-refractivity contribution in [2.45, 2.75) is 19.3 Å². The molecule has 5 rings (SSSR count). The summed E-state index contributed by atoms with van der Waals surface area (Å²) >= 11 is 0. The zero-order valence-corrected chi connectivity index (χ0v) is 17.3. The maximum Gasteiger partial charge on any atom is 0.257 e. The number of carbonyl (C=O) groups is 2. The quantitative estimate of drug-likeness (QED) is 0.683. The third-order valence-electron chi connectivity index (χ3n) is 6.25. The van der Waals surface area contributed by atoms with Gasteiger partial charge in [-0.05, 0) is 61.2 Å². The molecule has 0 radical (unpaired) electrons. The van der Waals surface area contributed by atoms with E-state index in [9.17, 15) is 9.59 Å². The highest BCUT2D eigenvalue weighted by molar-refractivity contribution is 5.95. The Balaban J connectivity index is 1.17. The highest BCUT2D eigenvalue weighted by Crippen LogP contribution is 2.34. The largest absolute Gasteiger partial charge is 0.472 e. The number of likely N-dealkylation sites (tertiary alicyclic amines) is 1. The average Bonchev–Trinajstić information content (AvgIpc) is 3.50. The predicted octanol–water partition coefficient (Wildman–Crippen LogP) is 4.46. The second-order valence-corrected chi connectivity index (χ2v) is 8.14. The molecule has 1 fully saturated rings. The molecule has 3 aromatic rings. The van der Waals surface area contributed by atoms with Crippen LogP contribution >= 0.6 is 0 Å². The van der Waals surface area contributed by atoms with E-state index in [1.807, 2.05) is 12.1 Å². The van der Waals surface area contributed by atoms with Crippen molar-refractivity contribution < 1.29 is 14.0 Å². The van der Waals surface area contributed by atoms with E-state index in [4.69, 9.17) is 4.42 Å². The van der Waals surface area contributed by atoms with Crippen molar-refractivity contribution in [1.82, 2.24) is 4.90 Å². The van der Waals surface area contributed by atoms with Crippen LogP contribution in [0.3, 0.4) is 0 Å². The van der Waals surface area contributed by atoms with Gasteiger partial charge < -0.3 is 19.5 Å². The molecule has 2 aromatic carbocycles. The molecule has 2 aliphatic rings. The van der Waals surface area contributed by atoms with E-state index in [2.05, 4.69) is 46.6 Å². The van der Waals surface area contributed by atoms with Gasteiger partial charge in [0.05, 0.1) is 11.8 Å². The van der Waals surface area contributed by atoms with Gasteiger partial charge in [0.2, 0.25) is 5.91 Å². The second kappa shape index (κ2) is 8.30. The topological polar surface area (TPSA) is 65.8 Å². The molecule has 6 nitrogen and oxygen atoms in total. The highest BCUT2D eigenvalue weighted by Gasteiger charge is 2.28. The summed E-state index contributed by atoms with van der Waals surface area (Å²) in [5.74, 6) is -0.0973. The normalized spacial score (nSPS) is 16.3. The minimum Gasteiger partial charge on any atom is -0.472 e. The van der Waals surface area contributed by atoms with E-state index in [0.717, 1.165) is 24.3 Å². The lowest BCUT2D eigenvalue weighted by Gasteiger charge is -2.31. The maximum atomic E-state index is 12.7. The first-order chi connectivity index (χ1) is 15.2. The van der Waals surface area contributed by atoms with E-state index < -0.39 is 0 Å². The van der Waals surface area contributed by atoms with Gasteiger partial charge >= 0.3 is 0 Å². The lowest BCUT2D eigenvalue weighted by atomic mass is 9.95. The average molecular weight is 415 g/mol. The van der Waals surface area contributed by atoms with Crippen LogP contribution in [-0.4, -0.2) is 36.3 Å². The second-order valence-electron chi connectivity index (χ2n) is 8.14. The summed E-state index contributed by atoms with van der Waals surface area (Å²) in [5, 5.41) is 3.04. The number of para-hydroxylation sites is 1. The smallest absolute Gasteiger partial charge is 0.257 e. The summed E-state index contributed by atoms with van der Waals surface area (Å²) in [5.41, 5.74) is 5.13. The first kappa shape index (κ1) is 19.4. The number of fused-ring (bicyclic) bond motifs is 1.